The molecule has 88 valence electrons. The molecule has 1 saturated carbocycles. The Bertz CT molecular complexity index is 436. The van der Waals surface area contributed by atoms with Crippen molar-refractivity contribution in [1.29, 1.82) is 0 Å². The molecule has 1 fully saturated rings. The highest BCUT2D eigenvalue weighted by molar-refractivity contribution is 6.40. The molecule has 0 aliphatic heterocycles. The zero-order valence-corrected chi connectivity index (χ0v) is 10.6. The molecule has 0 amide bonds. The molecule has 1 heterocycles. The Kier molecular flexibility index (Phi) is 3.55. The zero-order chi connectivity index (χ0) is 11.7. The van der Waals surface area contributed by atoms with E-state index in [1.807, 2.05) is 0 Å². The molecular weight excluding hydrogens is 247 g/mol. The van der Waals surface area contributed by atoms with Crippen molar-refractivity contribution in [3.63, 3.8) is 0 Å². The fraction of sp³-hybridized carbons (Fsp3) is 0.636. The molecule has 0 aromatic carbocycles. The number of nitrogens with zero attached hydrogens (tertiary/aromatic N) is 2. The third-order valence-corrected chi connectivity index (χ3v) is 4.00. The minimum absolute atomic E-state index is 0.0304. The molecule has 1 aromatic heterocycles. The van der Waals surface area contributed by atoms with E-state index >= 15 is 0 Å². The van der Waals surface area contributed by atoms with Crippen LogP contribution in [0.1, 0.15) is 38.6 Å². The Hall–Kier alpha value is -0.540. The van der Waals surface area contributed by atoms with Crippen molar-refractivity contribution < 1.29 is 0 Å². The smallest absolute Gasteiger partial charge is 0.273 e. The summed E-state index contributed by atoms with van der Waals surface area (Å²) in [6.07, 6.45) is 5.84. The summed E-state index contributed by atoms with van der Waals surface area (Å²) in [5.74, 6) is 0.752. The Morgan fingerprint density at radius 1 is 1.31 bits per heavy atom. The highest BCUT2D eigenvalue weighted by Gasteiger charge is 2.21. The molecule has 0 saturated heterocycles. The van der Waals surface area contributed by atoms with Crippen LogP contribution in [0.25, 0.3) is 0 Å². The minimum atomic E-state index is -0.221. The lowest BCUT2D eigenvalue weighted by molar-refractivity contribution is 0.283. The SMILES string of the molecule is CC1CCC(n2cnc(Cl)c(Cl)c2=O)CC1. The lowest BCUT2D eigenvalue weighted by atomic mass is 9.87. The zero-order valence-electron chi connectivity index (χ0n) is 9.12. The van der Waals surface area contributed by atoms with E-state index in [1.54, 1.807) is 4.57 Å². The molecule has 0 unspecified atom stereocenters. The predicted octanol–water partition coefficient (Wildman–Crippen LogP) is 3.30. The van der Waals surface area contributed by atoms with Crippen molar-refractivity contribution in [1.82, 2.24) is 9.55 Å². The molecule has 5 heteroatoms. The van der Waals surface area contributed by atoms with Crippen LogP contribution in [0.15, 0.2) is 11.1 Å². The number of aromatic nitrogens is 2. The average Bonchev–Trinajstić information content (AvgIpc) is 2.28. The van der Waals surface area contributed by atoms with Crippen LogP contribution in [0.5, 0.6) is 0 Å². The van der Waals surface area contributed by atoms with Crippen LogP contribution >= 0.6 is 23.2 Å². The first-order valence-electron chi connectivity index (χ1n) is 5.51. The van der Waals surface area contributed by atoms with E-state index in [-0.39, 0.29) is 21.8 Å². The maximum atomic E-state index is 11.9. The highest BCUT2D eigenvalue weighted by atomic mass is 35.5. The lowest BCUT2D eigenvalue weighted by Gasteiger charge is -2.27. The van der Waals surface area contributed by atoms with Gasteiger partial charge in [-0.1, -0.05) is 30.1 Å². The Labute approximate surface area is 104 Å². The van der Waals surface area contributed by atoms with Crippen LogP contribution in [0.3, 0.4) is 0 Å². The molecule has 1 aliphatic carbocycles. The summed E-state index contributed by atoms with van der Waals surface area (Å²) in [5, 5.41) is 0.120. The van der Waals surface area contributed by atoms with Gasteiger partial charge in [0.05, 0.1) is 6.33 Å². The molecule has 2 rings (SSSR count). The van der Waals surface area contributed by atoms with Crippen molar-refractivity contribution >= 4 is 23.2 Å². The first kappa shape index (κ1) is 11.9. The van der Waals surface area contributed by atoms with Crippen LogP contribution in [-0.2, 0) is 0 Å². The standard InChI is InChI=1S/C11H14Cl2N2O/c1-7-2-4-8(5-3-7)15-6-14-10(13)9(12)11(15)16/h6-8H,2-5H2,1H3. The second-order valence-electron chi connectivity index (χ2n) is 4.48. The van der Waals surface area contributed by atoms with Crippen molar-refractivity contribution in [2.75, 3.05) is 0 Å². The second kappa shape index (κ2) is 4.76. The fourth-order valence-electron chi connectivity index (χ4n) is 2.20. The van der Waals surface area contributed by atoms with Gasteiger partial charge in [0.25, 0.3) is 5.56 Å². The van der Waals surface area contributed by atoms with E-state index in [0.29, 0.717) is 0 Å². The van der Waals surface area contributed by atoms with E-state index in [4.69, 9.17) is 23.2 Å². The summed E-state index contributed by atoms with van der Waals surface area (Å²) < 4.78 is 1.63. The first-order chi connectivity index (χ1) is 7.59. The molecule has 0 bridgehead atoms. The summed E-state index contributed by atoms with van der Waals surface area (Å²) >= 11 is 11.5. The molecule has 0 radical (unpaired) electrons. The van der Waals surface area contributed by atoms with Gasteiger partial charge in [-0.25, -0.2) is 4.98 Å². The first-order valence-corrected chi connectivity index (χ1v) is 6.27. The lowest BCUT2D eigenvalue weighted by Crippen LogP contribution is -2.28. The Morgan fingerprint density at radius 2 is 1.94 bits per heavy atom. The number of halogens is 2. The van der Waals surface area contributed by atoms with Crippen molar-refractivity contribution in [3.05, 3.63) is 26.9 Å². The minimum Gasteiger partial charge on any atom is -0.295 e. The molecule has 16 heavy (non-hydrogen) atoms. The number of hydrogen-bond acceptors (Lipinski definition) is 2. The summed E-state index contributed by atoms with van der Waals surface area (Å²) in [6.45, 7) is 2.24. The van der Waals surface area contributed by atoms with Crippen molar-refractivity contribution in [3.8, 4) is 0 Å². The van der Waals surface area contributed by atoms with Gasteiger partial charge in [-0.15, -0.1) is 0 Å². The molecule has 1 aliphatic rings. The van der Waals surface area contributed by atoms with Gasteiger partial charge in [0.15, 0.2) is 5.15 Å². The predicted molar refractivity (Wildman–Crippen MR) is 65.2 cm³/mol. The monoisotopic (exact) mass is 260 g/mol. The van der Waals surface area contributed by atoms with Gasteiger partial charge in [-0.05, 0) is 31.6 Å². The molecule has 3 nitrogen and oxygen atoms in total. The van der Waals surface area contributed by atoms with Gasteiger partial charge in [0.1, 0.15) is 5.02 Å². The van der Waals surface area contributed by atoms with E-state index in [9.17, 15) is 4.79 Å². The van der Waals surface area contributed by atoms with Crippen molar-refractivity contribution in [2.45, 2.75) is 38.6 Å². The highest BCUT2D eigenvalue weighted by Crippen LogP contribution is 2.31. The van der Waals surface area contributed by atoms with Crippen LogP contribution in [0, 0.1) is 5.92 Å². The molecule has 0 spiro atoms. The van der Waals surface area contributed by atoms with E-state index < -0.39 is 0 Å². The summed E-state index contributed by atoms with van der Waals surface area (Å²) in [6, 6.07) is 0.228. The van der Waals surface area contributed by atoms with E-state index in [2.05, 4.69) is 11.9 Å². The van der Waals surface area contributed by atoms with Gasteiger partial charge in [0, 0.05) is 6.04 Å². The van der Waals surface area contributed by atoms with E-state index in [1.165, 1.54) is 6.33 Å². The average molecular weight is 261 g/mol. The molecule has 0 N–H and O–H groups in total. The quantitative estimate of drug-likeness (QED) is 0.727. The van der Waals surface area contributed by atoms with Crippen LogP contribution in [0.2, 0.25) is 10.2 Å². The summed E-state index contributed by atoms with van der Waals surface area (Å²) in [4.78, 5) is 15.8. The largest absolute Gasteiger partial charge is 0.295 e. The second-order valence-corrected chi connectivity index (χ2v) is 5.21. The van der Waals surface area contributed by atoms with Crippen LogP contribution in [0.4, 0.5) is 0 Å². The van der Waals surface area contributed by atoms with Gasteiger partial charge in [0.2, 0.25) is 0 Å². The third-order valence-electron chi connectivity index (χ3n) is 3.28. The van der Waals surface area contributed by atoms with Gasteiger partial charge in [-0.3, -0.25) is 9.36 Å². The Balaban J connectivity index is 2.28. The third kappa shape index (κ3) is 2.25. The maximum absolute atomic E-state index is 11.9. The topological polar surface area (TPSA) is 34.9 Å². The van der Waals surface area contributed by atoms with Gasteiger partial charge >= 0.3 is 0 Å². The molecule has 1 aromatic rings. The maximum Gasteiger partial charge on any atom is 0.273 e. The van der Waals surface area contributed by atoms with E-state index in [0.717, 1.165) is 31.6 Å². The summed E-state index contributed by atoms with van der Waals surface area (Å²) in [7, 11) is 0. The fourth-order valence-corrected chi connectivity index (χ4v) is 2.48. The number of hydrogen-bond donors (Lipinski definition) is 0. The van der Waals surface area contributed by atoms with Crippen LogP contribution < -0.4 is 5.56 Å². The molecular formula is C11H14Cl2N2O. The number of rotatable bonds is 1. The van der Waals surface area contributed by atoms with Gasteiger partial charge < -0.3 is 0 Å². The van der Waals surface area contributed by atoms with Crippen molar-refractivity contribution in [2.24, 2.45) is 5.92 Å². The normalized spacial score (nSPS) is 25.7. The van der Waals surface area contributed by atoms with Crippen LogP contribution in [-0.4, -0.2) is 9.55 Å². The molecule has 0 atom stereocenters. The van der Waals surface area contributed by atoms with Gasteiger partial charge in [-0.2, -0.15) is 0 Å². The Morgan fingerprint density at radius 3 is 2.56 bits per heavy atom. The summed E-state index contributed by atoms with van der Waals surface area (Å²) in [5.41, 5.74) is -0.221.